The molecule has 0 bridgehead atoms. The molecule has 0 aliphatic rings. The molecule has 0 unspecified atom stereocenters. The molecule has 192 valence electrons. The van der Waals surface area contributed by atoms with E-state index in [1.807, 2.05) is 74.4 Å². The Bertz CT molecular complexity index is 1430. The maximum atomic E-state index is 12.2. The zero-order chi connectivity index (χ0) is 26.5. The van der Waals surface area contributed by atoms with Crippen molar-refractivity contribution in [2.45, 2.75) is 6.42 Å². The van der Waals surface area contributed by atoms with Gasteiger partial charge in [-0.1, -0.05) is 36.4 Å². The summed E-state index contributed by atoms with van der Waals surface area (Å²) in [7, 11) is 7.67. The normalized spacial score (nSPS) is 11.1. The van der Waals surface area contributed by atoms with E-state index in [-0.39, 0.29) is 5.91 Å². The van der Waals surface area contributed by atoms with E-state index in [2.05, 4.69) is 26.7 Å². The van der Waals surface area contributed by atoms with Gasteiger partial charge in [-0.2, -0.15) is 0 Å². The molecule has 1 N–H and O–H groups in total. The molecule has 0 saturated heterocycles. The van der Waals surface area contributed by atoms with E-state index in [0.717, 1.165) is 35.2 Å². The molecule has 0 spiro atoms. The zero-order valence-corrected chi connectivity index (χ0v) is 22.3. The quantitative estimate of drug-likeness (QED) is 0.304. The van der Waals surface area contributed by atoms with Gasteiger partial charge < -0.3 is 19.9 Å². The number of rotatable bonds is 10. The lowest BCUT2D eigenvalue weighted by molar-refractivity contribution is -0.111. The van der Waals surface area contributed by atoms with Gasteiger partial charge in [0, 0.05) is 56.0 Å². The van der Waals surface area contributed by atoms with E-state index in [0.29, 0.717) is 34.5 Å². The van der Waals surface area contributed by atoms with Gasteiger partial charge in [0.25, 0.3) is 0 Å². The number of anilines is 2. The molecule has 2 heterocycles. The van der Waals surface area contributed by atoms with Crippen LogP contribution in [0.4, 0.5) is 11.4 Å². The third kappa shape index (κ3) is 5.93. The number of ether oxygens (including phenoxy) is 1. The van der Waals surface area contributed by atoms with E-state index in [9.17, 15) is 4.79 Å². The Kier molecular flexibility index (Phi) is 8.11. The van der Waals surface area contributed by atoms with Crippen molar-refractivity contribution in [2.75, 3.05) is 51.6 Å². The number of carbonyl (C=O) groups excluding carboxylic acids is 1. The number of fused-ring (bicyclic) bond motifs is 1. The Morgan fingerprint density at radius 1 is 1.19 bits per heavy atom. The molecule has 2 aromatic carbocycles. The van der Waals surface area contributed by atoms with E-state index in [1.54, 1.807) is 13.3 Å². The van der Waals surface area contributed by atoms with Crippen molar-refractivity contribution in [3.8, 4) is 11.6 Å². The van der Waals surface area contributed by atoms with E-state index >= 15 is 0 Å². The number of carbonyl (C=O) groups is 1. The van der Waals surface area contributed by atoms with Crippen molar-refractivity contribution < 1.29 is 9.53 Å². The summed E-state index contributed by atoms with van der Waals surface area (Å²) in [6.45, 7) is 5.21. The van der Waals surface area contributed by atoms with Gasteiger partial charge in [0.05, 0.1) is 29.0 Å². The highest BCUT2D eigenvalue weighted by atomic mass is 35.5. The van der Waals surface area contributed by atoms with Crippen LogP contribution in [0.5, 0.6) is 5.75 Å². The molecule has 4 rings (SSSR count). The summed E-state index contributed by atoms with van der Waals surface area (Å²) in [6.07, 6.45) is 5.26. The number of nitrogens with one attached hydrogen (secondary N) is 1. The number of para-hydroxylation sites is 1. The number of amides is 1. The van der Waals surface area contributed by atoms with Crippen molar-refractivity contribution in [1.29, 1.82) is 0 Å². The maximum absolute atomic E-state index is 12.2. The Morgan fingerprint density at radius 3 is 2.70 bits per heavy atom. The van der Waals surface area contributed by atoms with E-state index < -0.39 is 0 Å². The maximum Gasteiger partial charge on any atom is 0.247 e. The second kappa shape index (κ2) is 11.5. The number of hydrogen-bond donors (Lipinski definition) is 1. The van der Waals surface area contributed by atoms with Crippen molar-refractivity contribution in [3.63, 3.8) is 0 Å². The van der Waals surface area contributed by atoms with Gasteiger partial charge in [-0.05, 0) is 38.4 Å². The topological polar surface area (TPSA) is 75.5 Å². The number of aromatic nitrogens is 3. The van der Waals surface area contributed by atoms with Crippen molar-refractivity contribution in [3.05, 3.63) is 83.9 Å². The van der Waals surface area contributed by atoms with Crippen molar-refractivity contribution >= 4 is 39.8 Å². The Balaban J connectivity index is 1.71. The van der Waals surface area contributed by atoms with Crippen LogP contribution in [0.2, 0.25) is 5.02 Å². The van der Waals surface area contributed by atoms with Crippen molar-refractivity contribution in [1.82, 2.24) is 19.4 Å². The Hall–Kier alpha value is -3.88. The molecule has 2 aromatic heterocycles. The summed E-state index contributed by atoms with van der Waals surface area (Å²) in [5.41, 5.74) is 3.33. The van der Waals surface area contributed by atoms with Gasteiger partial charge >= 0.3 is 0 Å². The molecular formula is C28H31ClN6O2. The number of benzene rings is 2. The largest absolute Gasteiger partial charge is 0.496 e. The Morgan fingerprint density at radius 2 is 1.97 bits per heavy atom. The van der Waals surface area contributed by atoms with Crippen LogP contribution < -0.4 is 15.0 Å². The fourth-order valence-corrected chi connectivity index (χ4v) is 4.38. The van der Waals surface area contributed by atoms with E-state index in [1.165, 1.54) is 6.08 Å². The summed E-state index contributed by atoms with van der Waals surface area (Å²) >= 11 is 6.46. The van der Waals surface area contributed by atoms with E-state index in [4.69, 9.17) is 21.3 Å². The van der Waals surface area contributed by atoms with Crippen LogP contribution in [0.15, 0.2) is 67.5 Å². The molecule has 0 aliphatic heterocycles. The van der Waals surface area contributed by atoms with Gasteiger partial charge in [0.2, 0.25) is 5.91 Å². The number of halogens is 1. The minimum absolute atomic E-state index is 0.284. The monoisotopic (exact) mass is 518 g/mol. The highest BCUT2D eigenvalue weighted by Crippen LogP contribution is 2.35. The van der Waals surface area contributed by atoms with Crippen molar-refractivity contribution in [2.24, 2.45) is 0 Å². The highest BCUT2D eigenvalue weighted by molar-refractivity contribution is 6.35. The molecule has 9 heteroatoms. The molecule has 4 aromatic rings. The number of methoxy groups -OCH3 is 1. The van der Waals surface area contributed by atoms with Gasteiger partial charge in [0.1, 0.15) is 17.4 Å². The molecule has 0 fully saturated rings. The summed E-state index contributed by atoms with van der Waals surface area (Å²) in [5.74, 6) is 1.73. The number of likely N-dealkylation sites (N-methyl/N-ethyl adjacent to an activating group) is 2. The second-order valence-corrected chi connectivity index (χ2v) is 9.38. The predicted molar refractivity (Wildman–Crippen MR) is 150 cm³/mol. The SMILES string of the molecule is C=CC(=O)Nc1cc(Cc2nccc(-n3cc(Cl)c4ccccc43)n2)c(OC)cc1N(C)CCN(C)C. The summed E-state index contributed by atoms with van der Waals surface area (Å²) in [6, 6.07) is 13.6. The molecular weight excluding hydrogens is 488 g/mol. The average Bonchev–Trinajstić information content (AvgIpc) is 3.24. The molecule has 0 saturated carbocycles. The highest BCUT2D eigenvalue weighted by Gasteiger charge is 2.17. The predicted octanol–water partition coefficient (Wildman–Crippen LogP) is 4.80. The molecule has 0 aliphatic carbocycles. The standard InChI is InChI=1S/C28H31ClN6O2/c1-6-28(36)31-22-15-19(25(37-5)17-24(22)34(4)14-13-33(2)3)16-26-30-12-11-27(32-26)35-18-21(29)20-9-7-8-10-23(20)35/h6-12,15,17-18H,1,13-14,16H2,2-5H3,(H,31,36). The summed E-state index contributed by atoms with van der Waals surface area (Å²) < 4.78 is 7.70. The first kappa shape index (κ1) is 26.2. The zero-order valence-electron chi connectivity index (χ0n) is 21.5. The average molecular weight is 519 g/mol. The fourth-order valence-electron chi connectivity index (χ4n) is 4.12. The lowest BCUT2D eigenvalue weighted by atomic mass is 10.1. The first-order valence-corrected chi connectivity index (χ1v) is 12.3. The lowest BCUT2D eigenvalue weighted by Gasteiger charge is -2.25. The van der Waals surface area contributed by atoms with Crippen LogP contribution >= 0.6 is 11.6 Å². The molecule has 37 heavy (non-hydrogen) atoms. The Labute approximate surface area is 222 Å². The molecule has 0 radical (unpaired) electrons. The molecule has 1 amide bonds. The summed E-state index contributed by atoms with van der Waals surface area (Å²) in [5, 5.41) is 4.56. The number of hydrogen-bond acceptors (Lipinski definition) is 6. The molecule has 0 atom stereocenters. The third-order valence-corrected chi connectivity index (χ3v) is 6.39. The van der Waals surface area contributed by atoms with Crippen LogP contribution in [0.1, 0.15) is 11.4 Å². The third-order valence-electron chi connectivity index (χ3n) is 6.09. The molecule has 8 nitrogen and oxygen atoms in total. The first-order chi connectivity index (χ1) is 17.8. The van der Waals surface area contributed by atoms with Gasteiger partial charge in [-0.3, -0.25) is 9.36 Å². The van der Waals surface area contributed by atoms with Gasteiger partial charge in [-0.15, -0.1) is 0 Å². The smallest absolute Gasteiger partial charge is 0.247 e. The van der Waals surface area contributed by atoms with Gasteiger partial charge in [-0.25, -0.2) is 9.97 Å². The second-order valence-electron chi connectivity index (χ2n) is 8.97. The fraction of sp³-hybridized carbons (Fsp3) is 0.250. The van der Waals surface area contributed by atoms with Crippen LogP contribution in [0, 0.1) is 0 Å². The van der Waals surface area contributed by atoms with Crippen LogP contribution in [-0.2, 0) is 11.2 Å². The minimum atomic E-state index is -0.284. The van der Waals surface area contributed by atoms with Crippen LogP contribution in [0.25, 0.3) is 16.7 Å². The summed E-state index contributed by atoms with van der Waals surface area (Å²) in [4.78, 5) is 25.7. The number of nitrogens with zero attached hydrogens (tertiary/aromatic N) is 5. The van der Waals surface area contributed by atoms with Crippen LogP contribution in [0.3, 0.4) is 0 Å². The lowest BCUT2D eigenvalue weighted by Crippen LogP contribution is -2.29. The van der Waals surface area contributed by atoms with Gasteiger partial charge in [0.15, 0.2) is 0 Å². The first-order valence-electron chi connectivity index (χ1n) is 11.9. The minimum Gasteiger partial charge on any atom is -0.496 e. The van der Waals surface area contributed by atoms with Crippen LogP contribution in [-0.4, -0.2) is 66.7 Å².